The Bertz CT molecular complexity index is 727. The summed E-state index contributed by atoms with van der Waals surface area (Å²) < 4.78 is 17.1. The molecule has 0 radical (unpaired) electrons. The van der Waals surface area contributed by atoms with Crippen LogP contribution in [0.3, 0.4) is 0 Å². The van der Waals surface area contributed by atoms with Crippen molar-refractivity contribution < 1.29 is 9.18 Å². The summed E-state index contributed by atoms with van der Waals surface area (Å²) in [6.45, 7) is 5.81. The van der Waals surface area contributed by atoms with Crippen LogP contribution in [-0.2, 0) is 5.41 Å². The highest BCUT2D eigenvalue weighted by Gasteiger charge is 2.26. The van der Waals surface area contributed by atoms with Gasteiger partial charge in [-0.25, -0.2) is 4.39 Å². The van der Waals surface area contributed by atoms with Gasteiger partial charge < -0.3 is 5.32 Å². The largest absolute Gasteiger partial charge is 0.321 e. The first kappa shape index (κ1) is 15.1. The molecule has 1 heterocycles. The number of hydrogen-bond donors (Lipinski definition) is 1. The molecule has 5 nitrogen and oxygen atoms in total. The predicted octanol–water partition coefficient (Wildman–Crippen LogP) is 3.10. The number of rotatable bonds is 2. The minimum Gasteiger partial charge on any atom is -0.321 e. The Hall–Kier alpha value is -2.33. The first-order chi connectivity index (χ1) is 9.82. The maximum Gasteiger partial charge on any atom is 0.269 e. The number of anilines is 1. The molecule has 1 N–H and O–H groups in total. The Balaban J connectivity index is 2.28. The quantitative estimate of drug-likeness (QED) is 0.924. The van der Waals surface area contributed by atoms with Gasteiger partial charge in [-0.15, -0.1) is 5.10 Å². The second kappa shape index (κ2) is 5.58. The van der Waals surface area contributed by atoms with Crippen LogP contribution in [0.5, 0.6) is 0 Å². The van der Waals surface area contributed by atoms with Gasteiger partial charge in [0.1, 0.15) is 16.8 Å². The van der Waals surface area contributed by atoms with Crippen molar-refractivity contribution in [2.24, 2.45) is 0 Å². The van der Waals surface area contributed by atoms with Gasteiger partial charge in [-0.05, 0) is 29.7 Å². The van der Waals surface area contributed by atoms with Crippen molar-refractivity contribution in [2.45, 2.75) is 26.2 Å². The Morgan fingerprint density at radius 2 is 2.14 bits per heavy atom. The zero-order chi connectivity index (χ0) is 15.6. The van der Waals surface area contributed by atoms with E-state index in [0.717, 1.165) is 17.6 Å². The van der Waals surface area contributed by atoms with Gasteiger partial charge in [0, 0.05) is 11.1 Å². The first-order valence-corrected chi connectivity index (χ1v) is 6.94. The third-order valence-electron chi connectivity index (χ3n) is 2.75. The molecule has 1 aromatic carbocycles. The summed E-state index contributed by atoms with van der Waals surface area (Å²) in [4.78, 5) is 12.7. The van der Waals surface area contributed by atoms with Crippen LogP contribution in [0.15, 0.2) is 18.2 Å². The number of aromatic nitrogens is 2. The molecular formula is C14H13FN4OS. The van der Waals surface area contributed by atoms with E-state index in [-0.39, 0.29) is 16.9 Å². The van der Waals surface area contributed by atoms with E-state index in [1.165, 1.54) is 12.1 Å². The highest BCUT2D eigenvalue weighted by molar-refractivity contribution is 7.08. The third-order valence-corrected chi connectivity index (χ3v) is 3.47. The van der Waals surface area contributed by atoms with E-state index in [9.17, 15) is 9.18 Å². The molecule has 0 saturated heterocycles. The van der Waals surface area contributed by atoms with Crippen molar-refractivity contribution in [3.8, 4) is 6.07 Å². The normalized spacial score (nSPS) is 11.0. The number of amides is 1. The van der Waals surface area contributed by atoms with Crippen molar-refractivity contribution >= 4 is 23.1 Å². The molecule has 0 saturated carbocycles. The Morgan fingerprint density at radius 1 is 1.43 bits per heavy atom. The van der Waals surface area contributed by atoms with Crippen LogP contribution in [0.25, 0.3) is 0 Å². The van der Waals surface area contributed by atoms with Crippen molar-refractivity contribution in [3.05, 3.63) is 40.2 Å². The van der Waals surface area contributed by atoms with Crippen LogP contribution < -0.4 is 5.32 Å². The van der Waals surface area contributed by atoms with Crippen LogP contribution in [0.1, 0.15) is 41.7 Å². The Kier molecular flexibility index (Phi) is 4.00. The van der Waals surface area contributed by atoms with E-state index in [0.29, 0.717) is 16.3 Å². The average Bonchev–Trinajstić information content (AvgIpc) is 2.90. The van der Waals surface area contributed by atoms with Gasteiger partial charge in [-0.1, -0.05) is 25.3 Å². The number of nitriles is 1. The fraction of sp³-hybridized carbons (Fsp3) is 0.286. The highest BCUT2D eigenvalue weighted by Crippen LogP contribution is 2.26. The van der Waals surface area contributed by atoms with Crippen molar-refractivity contribution in [3.63, 3.8) is 0 Å². The number of halogens is 1. The van der Waals surface area contributed by atoms with E-state index in [1.54, 1.807) is 6.07 Å². The second-order valence-corrected chi connectivity index (χ2v) is 6.22. The summed E-state index contributed by atoms with van der Waals surface area (Å²) in [5.74, 6) is -0.990. The summed E-state index contributed by atoms with van der Waals surface area (Å²) in [5.41, 5.74) is 0.533. The number of carbonyl (C=O) groups excluding carboxylic acids is 1. The molecule has 21 heavy (non-hydrogen) atoms. The highest BCUT2D eigenvalue weighted by atomic mass is 32.1. The van der Waals surface area contributed by atoms with Crippen LogP contribution in [0.4, 0.5) is 10.1 Å². The van der Waals surface area contributed by atoms with Gasteiger partial charge >= 0.3 is 0 Å². The van der Waals surface area contributed by atoms with Crippen molar-refractivity contribution in [1.29, 1.82) is 5.26 Å². The smallest absolute Gasteiger partial charge is 0.269 e. The summed E-state index contributed by atoms with van der Waals surface area (Å²) in [6, 6.07) is 5.57. The number of nitrogens with zero attached hydrogens (tertiary/aromatic N) is 3. The lowest BCUT2D eigenvalue weighted by Crippen LogP contribution is -2.19. The minimum atomic E-state index is -0.620. The molecule has 0 fully saturated rings. The molecule has 2 rings (SSSR count). The lowest BCUT2D eigenvalue weighted by Gasteiger charge is -2.16. The Morgan fingerprint density at radius 3 is 2.76 bits per heavy atom. The number of carbonyl (C=O) groups is 1. The third kappa shape index (κ3) is 3.23. The van der Waals surface area contributed by atoms with Gasteiger partial charge in [0.15, 0.2) is 0 Å². The van der Waals surface area contributed by atoms with Gasteiger partial charge in [-0.2, -0.15) is 5.26 Å². The van der Waals surface area contributed by atoms with Gasteiger partial charge in [0.05, 0.1) is 11.3 Å². The first-order valence-electron chi connectivity index (χ1n) is 6.17. The zero-order valence-electron chi connectivity index (χ0n) is 11.8. The van der Waals surface area contributed by atoms with Gasteiger partial charge in [0.2, 0.25) is 0 Å². The summed E-state index contributed by atoms with van der Waals surface area (Å²) in [6.07, 6.45) is 0. The molecule has 7 heteroatoms. The summed E-state index contributed by atoms with van der Waals surface area (Å²) >= 11 is 1.00. The van der Waals surface area contributed by atoms with Crippen molar-refractivity contribution in [2.75, 3.05) is 5.32 Å². The maximum atomic E-state index is 13.2. The molecule has 0 aliphatic carbocycles. The standard InChI is InChI=1S/C14H13FN4OS/c1-14(2,3)12-11(21-19-18-12)13(20)17-9-4-5-10(15)8(6-9)7-16/h4-6H,1-3H3,(H,17,20). The van der Waals surface area contributed by atoms with E-state index in [4.69, 9.17) is 5.26 Å². The van der Waals surface area contributed by atoms with Gasteiger partial charge in [-0.3, -0.25) is 4.79 Å². The Labute approximate surface area is 125 Å². The monoisotopic (exact) mass is 304 g/mol. The number of hydrogen-bond acceptors (Lipinski definition) is 5. The van der Waals surface area contributed by atoms with Gasteiger partial charge in [0.25, 0.3) is 5.91 Å². The number of nitrogens with one attached hydrogen (secondary N) is 1. The van der Waals surface area contributed by atoms with Crippen molar-refractivity contribution in [1.82, 2.24) is 9.59 Å². The molecule has 1 aromatic heterocycles. The van der Waals surface area contributed by atoms with E-state index in [2.05, 4.69) is 14.9 Å². The van der Waals surface area contributed by atoms with Crippen LogP contribution in [0, 0.1) is 17.1 Å². The maximum absolute atomic E-state index is 13.2. The van der Waals surface area contributed by atoms with E-state index in [1.807, 2.05) is 20.8 Å². The molecule has 0 aliphatic rings. The molecule has 2 aromatic rings. The predicted molar refractivity (Wildman–Crippen MR) is 77.7 cm³/mol. The lowest BCUT2D eigenvalue weighted by atomic mass is 9.91. The summed E-state index contributed by atoms with van der Waals surface area (Å²) in [5, 5.41) is 15.4. The van der Waals surface area contributed by atoms with Crippen LogP contribution in [0.2, 0.25) is 0 Å². The van der Waals surface area contributed by atoms with E-state index >= 15 is 0 Å². The van der Waals surface area contributed by atoms with Crippen LogP contribution in [-0.4, -0.2) is 15.5 Å². The summed E-state index contributed by atoms with van der Waals surface area (Å²) in [7, 11) is 0. The molecule has 1 amide bonds. The molecule has 0 bridgehead atoms. The average molecular weight is 304 g/mol. The minimum absolute atomic E-state index is 0.119. The number of benzene rings is 1. The fourth-order valence-electron chi connectivity index (χ4n) is 1.71. The SMILES string of the molecule is CC(C)(C)c1nnsc1C(=O)Nc1ccc(F)c(C#N)c1. The topological polar surface area (TPSA) is 78.7 Å². The molecule has 0 spiro atoms. The molecule has 0 unspecified atom stereocenters. The van der Waals surface area contributed by atoms with E-state index < -0.39 is 5.82 Å². The molecule has 0 aliphatic heterocycles. The van der Waals surface area contributed by atoms with Crippen LogP contribution >= 0.6 is 11.5 Å². The molecular weight excluding hydrogens is 291 g/mol. The molecule has 108 valence electrons. The fourth-order valence-corrected chi connectivity index (χ4v) is 2.48. The second-order valence-electron chi connectivity index (χ2n) is 5.46. The zero-order valence-corrected chi connectivity index (χ0v) is 12.6. The lowest BCUT2D eigenvalue weighted by molar-refractivity contribution is 0.102. The molecule has 0 atom stereocenters.